The maximum atomic E-state index is 5.45. The van der Waals surface area contributed by atoms with Crippen molar-refractivity contribution in [3.8, 4) is 0 Å². The maximum absolute atomic E-state index is 5.45. The summed E-state index contributed by atoms with van der Waals surface area (Å²) < 4.78 is 0. The summed E-state index contributed by atoms with van der Waals surface area (Å²) in [7, 11) is 0. The van der Waals surface area contributed by atoms with Gasteiger partial charge in [0.2, 0.25) is 0 Å². The third kappa shape index (κ3) is 5.73. The summed E-state index contributed by atoms with van der Waals surface area (Å²) in [6.07, 6.45) is 1.03. The number of anilines is 1. The molecule has 0 bridgehead atoms. The number of rotatable bonds is 1. The normalized spacial score (nSPS) is 7.58. The Morgan fingerprint density at radius 2 is 1.92 bits per heavy atom. The fraction of sp³-hybridized carbons (Fsp3) is 0.400. The van der Waals surface area contributed by atoms with Gasteiger partial charge in [-0.15, -0.1) is 0 Å². The summed E-state index contributed by atoms with van der Waals surface area (Å²) in [5.74, 6) is 0. The number of hydrogen-bond donors (Lipinski definition) is 1. The van der Waals surface area contributed by atoms with E-state index in [1.54, 1.807) is 6.07 Å². The Morgan fingerprint density at radius 1 is 1.33 bits per heavy atom. The van der Waals surface area contributed by atoms with Gasteiger partial charge in [-0.2, -0.15) is 29.8 Å². The van der Waals surface area contributed by atoms with E-state index in [0.717, 1.165) is 12.1 Å². The summed E-state index contributed by atoms with van der Waals surface area (Å²) in [4.78, 5) is 0. The third-order valence-electron chi connectivity index (χ3n) is 1.28. The molecule has 0 saturated heterocycles. The van der Waals surface area contributed by atoms with E-state index in [2.05, 4.69) is 13.0 Å². The average molecular weight is 239 g/mol. The van der Waals surface area contributed by atoms with E-state index < -0.39 is 0 Å². The largest absolute Gasteiger partial charge is 0.449 e. The molecule has 0 aliphatic rings. The second-order valence-electron chi connectivity index (χ2n) is 2.00. The number of nitrogen functional groups attached to an aromatic ring is 1. The first kappa shape index (κ1) is 14.6. The molecule has 0 spiro atoms. The van der Waals surface area contributed by atoms with Crippen LogP contribution in [-0.2, 0) is 39.1 Å². The minimum atomic E-state index is 0. The molecule has 0 heterocycles. The van der Waals surface area contributed by atoms with Crippen LogP contribution < -0.4 is 5.73 Å². The molecule has 1 nitrogen and oxygen atoms in total. The average Bonchev–Trinajstić information content (AvgIpc) is 2.10. The molecule has 0 atom stereocenters. The third-order valence-corrected chi connectivity index (χ3v) is 1.28. The van der Waals surface area contributed by atoms with Crippen molar-refractivity contribution in [2.45, 2.75) is 27.2 Å². The van der Waals surface area contributed by atoms with Crippen LogP contribution >= 0.6 is 0 Å². The summed E-state index contributed by atoms with van der Waals surface area (Å²) >= 11 is 0. The number of nitrogens with two attached hydrogens (primary N) is 1. The van der Waals surface area contributed by atoms with Crippen molar-refractivity contribution in [2.24, 2.45) is 0 Å². The molecule has 0 aliphatic heterocycles. The Bertz CT molecular complexity index is 182. The molecule has 1 aromatic rings. The molecule has 0 unspecified atom stereocenters. The predicted octanol–water partition coefficient (Wildman–Crippen LogP) is 2.66. The summed E-state index contributed by atoms with van der Waals surface area (Å²) in [5.41, 5.74) is 7.45. The zero-order valence-electron chi connectivity index (χ0n) is 8.09. The van der Waals surface area contributed by atoms with Gasteiger partial charge in [-0.05, 0) is 0 Å². The van der Waals surface area contributed by atoms with Gasteiger partial charge in [0.1, 0.15) is 0 Å². The Labute approximate surface area is 101 Å². The molecule has 2 N–H and O–H groups in total. The Balaban J connectivity index is 0. The first-order valence-corrected chi connectivity index (χ1v) is 4.09. The quantitative estimate of drug-likeness (QED) is 0.591. The van der Waals surface area contributed by atoms with E-state index in [9.17, 15) is 0 Å². The fourth-order valence-electron chi connectivity index (χ4n) is 0.689. The minimum Gasteiger partial charge on any atom is -0.449 e. The van der Waals surface area contributed by atoms with Crippen LogP contribution in [0.3, 0.4) is 0 Å². The maximum Gasteiger partial charge on any atom is 0 e. The summed E-state index contributed by atoms with van der Waals surface area (Å²) in [6, 6.07) is 8.76. The van der Waals surface area contributed by atoms with E-state index in [1.165, 1.54) is 5.56 Å². The summed E-state index contributed by atoms with van der Waals surface area (Å²) in [5, 5.41) is 0. The van der Waals surface area contributed by atoms with Crippen LogP contribution in [0.25, 0.3) is 0 Å². The second kappa shape index (κ2) is 9.21. The summed E-state index contributed by atoms with van der Waals surface area (Å²) in [6.45, 7) is 6.10. The molecule has 0 aromatic heterocycles. The smallest absolute Gasteiger partial charge is 0 e. The number of aryl methyl sites for hydroxylation is 1. The topological polar surface area (TPSA) is 26.0 Å². The van der Waals surface area contributed by atoms with Gasteiger partial charge in [-0.3, -0.25) is 0 Å². The van der Waals surface area contributed by atoms with Gasteiger partial charge in [0.15, 0.2) is 0 Å². The molecular formula is C10H16NY-. The van der Waals surface area contributed by atoms with Gasteiger partial charge < -0.3 is 5.73 Å². The molecule has 65 valence electrons. The van der Waals surface area contributed by atoms with Crippen LogP contribution in [0, 0.1) is 6.07 Å². The van der Waals surface area contributed by atoms with Gasteiger partial charge in [-0.1, -0.05) is 32.9 Å². The first-order valence-electron chi connectivity index (χ1n) is 4.09. The van der Waals surface area contributed by atoms with Crippen molar-refractivity contribution in [3.63, 3.8) is 0 Å². The Morgan fingerprint density at radius 3 is 2.25 bits per heavy atom. The second-order valence-corrected chi connectivity index (χ2v) is 2.00. The predicted molar refractivity (Wildman–Crippen MR) is 50.4 cm³/mol. The molecule has 0 fully saturated rings. The van der Waals surface area contributed by atoms with Crippen LogP contribution in [0.5, 0.6) is 0 Å². The Hall–Kier alpha value is 0.124. The van der Waals surface area contributed by atoms with Gasteiger partial charge in [0.05, 0.1) is 0 Å². The van der Waals surface area contributed by atoms with Crippen molar-refractivity contribution < 1.29 is 32.7 Å². The molecule has 0 amide bonds. The van der Waals surface area contributed by atoms with E-state index in [0.29, 0.717) is 0 Å². The van der Waals surface area contributed by atoms with Crippen LogP contribution in [0.15, 0.2) is 18.2 Å². The molecule has 1 rings (SSSR count). The fourth-order valence-corrected chi connectivity index (χ4v) is 0.689. The van der Waals surface area contributed by atoms with E-state index in [-0.39, 0.29) is 32.7 Å². The zero-order chi connectivity index (χ0) is 8.69. The van der Waals surface area contributed by atoms with Gasteiger partial charge >= 0.3 is 0 Å². The molecule has 2 heteroatoms. The van der Waals surface area contributed by atoms with Crippen LogP contribution in [0.4, 0.5) is 5.69 Å². The van der Waals surface area contributed by atoms with Crippen molar-refractivity contribution in [1.82, 2.24) is 0 Å². The van der Waals surface area contributed by atoms with Gasteiger partial charge in [-0.25, -0.2) is 0 Å². The molecular weight excluding hydrogens is 223 g/mol. The van der Waals surface area contributed by atoms with E-state index in [1.807, 2.05) is 26.0 Å². The van der Waals surface area contributed by atoms with Crippen LogP contribution in [0.1, 0.15) is 26.3 Å². The zero-order valence-corrected chi connectivity index (χ0v) is 10.9. The molecule has 0 saturated carbocycles. The molecule has 0 aliphatic carbocycles. The van der Waals surface area contributed by atoms with Crippen molar-refractivity contribution in [3.05, 3.63) is 29.8 Å². The molecule has 12 heavy (non-hydrogen) atoms. The molecule has 1 radical (unpaired) electrons. The first-order chi connectivity index (χ1) is 5.33. The van der Waals surface area contributed by atoms with Gasteiger partial charge in [0, 0.05) is 32.7 Å². The van der Waals surface area contributed by atoms with Crippen molar-refractivity contribution >= 4 is 5.69 Å². The Kier molecular flexibility index (Phi) is 11.2. The molecule has 1 aromatic carbocycles. The van der Waals surface area contributed by atoms with E-state index in [4.69, 9.17) is 5.73 Å². The number of benzene rings is 1. The van der Waals surface area contributed by atoms with Gasteiger partial charge in [0.25, 0.3) is 0 Å². The monoisotopic (exact) mass is 239 g/mol. The van der Waals surface area contributed by atoms with E-state index >= 15 is 0 Å². The number of hydrogen-bond acceptors (Lipinski definition) is 1. The van der Waals surface area contributed by atoms with Crippen LogP contribution in [-0.4, -0.2) is 0 Å². The van der Waals surface area contributed by atoms with Crippen LogP contribution in [0.2, 0.25) is 0 Å². The minimum absolute atomic E-state index is 0. The van der Waals surface area contributed by atoms with Crippen molar-refractivity contribution in [1.29, 1.82) is 0 Å². The standard InChI is InChI=1S/C8H10N.C2H6.Y/c1-2-7-3-5-8(9)6-4-7;1-2;/h3,5-6H,2,9H2,1H3;1-2H3;/q-1;;. The SMILES string of the molecule is CC.CCc1[c-]cc(N)cc1.[Y]. The van der Waals surface area contributed by atoms with Crippen molar-refractivity contribution in [2.75, 3.05) is 5.73 Å².